The van der Waals surface area contributed by atoms with Gasteiger partial charge >= 0.3 is 15.3 Å². The largest absolute Gasteiger partial charge is 0.457 e. The van der Waals surface area contributed by atoms with Crippen molar-refractivity contribution < 1.29 is 18.1 Å². The van der Waals surface area contributed by atoms with Crippen LogP contribution in [0.15, 0.2) is 139 Å². The molecule has 0 amide bonds. The van der Waals surface area contributed by atoms with Crippen molar-refractivity contribution in [1.29, 1.82) is 0 Å². The molecule has 0 aromatic heterocycles. The molecule has 0 spiro atoms. The number of hydrogen-bond donors (Lipinski definition) is 0. The minimum atomic E-state index is -3.93. The Morgan fingerprint density at radius 1 is 0.350 bits per heavy atom. The molecule has 0 bridgehead atoms. The predicted molar refractivity (Wildman–Crippen MR) is 169 cm³/mol. The van der Waals surface area contributed by atoms with Crippen LogP contribution in [-0.4, -0.2) is 0 Å². The van der Waals surface area contributed by atoms with Crippen LogP contribution in [0.4, 0.5) is 0 Å². The Bertz CT molecular complexity index is 1500. The molecule has 0 radical (unpaired) electrons. The van der Waals surface area contributed by atoms with Gasteiger partial charge in [0.2, 0.25) is 0 Å². The third-order valence-electron chi connectivity index (χ3n) is 4.75. The molecule has 208 valence electrons. The van der Waals surface area contributed by atoms with Gasteiger partial charge in [0.05, 0.1) is 0 Å². The summed E-state index contributed by atoms with van der Waals surface area (Å²) < 4.78 is 44.0. The second kappa shape index (κ2) is 12.6. The summed E-state index contributed by atoms with van der Waals surface area (Å²) >= 11 is 26.6. The molecule has 0 atom stereocenters. The summed E-state index contributed by atoms with van der Waals surface area (Å²) in [5.74, 6) is -5.78. The van der Waals surface area contributed by atoms with Crippen LogP contribution in [0.5, 0.6) is 23.0 Å². The molecule has 1 aliphatic rings. The second-order valence-electron chi connectivity index (χ2n) is 7.87. The average Bonchev–Trinajstić information content (AvgIpc) is 2.89. The fourth-order valence-corrected chi connectivity index (χ4v) is 20.2. The average molecular weight is 694 g/mol. The first kappa shape index (κ1) is 29.6. The molecule has 0 saturated carbocycles. The molecule has 0 unspecified atom stereocenters. The van der Waals surface area contributed by atoms with Crippen molar-refractivity contribution in [2.45, 2.75) is 0 Å². The van der Waals surface area contributed by atoms with E-state index in [0.717, 1.165) is 0 Å². The van der Waals surface area contributed by atoms with Crippen molar-refractivity contribution in [1.82, 2.24) is 0 Å². The monoisotopic (exact) mass is 692 g/mol. The Hall–Kier alpha value is -1.84. The van der Waals surface area contributed by atoms with E-state index in [1.54, 1.807) is 97.1 Å². The summed E-state index contributed by atoms with van der Waals surface area (Å²) in [5.41, 5.74) is 0. The lowest BCUT2D eigenvalue weighted by Gasteiger charge is -2.29. The molecule has 4 aromatic carbocycles. The molecule has 0 N–H and O–H groups in total. The first-order valence-corrected chi connectivity index (χ1v) is 21.5. The highest BCUT2D eigenvalue weighted by Gasteiger charge is 2.42. The lowest BCUT2D eigenvalue weighted by molar-refractivity contribution is 0.461. The summed E-state index contributed by atoms with van der Waals surface area (Å²) in [6, 6.07) is 35.4. The van der Waals surface area contributed by atoms with Crippen molar-refractivity contribution in [3.63, 3.8) is 0 Å². The standard InChI is InChI=1S/C24H20Cl4N4O4P4/c25-37(26)29-38(27,28)31-40(35-23-17-9-3-10-18-23,36-24-19-11-4-12-20-24)32-39(30-37,33-21-13-5-1-6-14-21)34-22-15-7-2-8-16-22/h1-20H. The summed E-state index contributed by atoms with van der Waals surface area (Å²) in [6.07, 6.45) is 0. The normalized spacial score (nSPS) is 18.1. The molecule has 4 aromatic rings. The Morgan fingerprint density at radius 2 is 0.625 bits per heavy atom. The minimum Gasteiger partial charge on any atom is -0.413 e. The smallest absolute Gasteiger partial charge is 0.413 e. The van der Waals surface area contributed by atoms with E-state index in [1.165, 1.54) is 0 Å². The quantitative estimate of drug-likeness (QED) is 0.172. The number of halogens is 4. The highest BCUT2D eigenvalue weighted by atomic mass is 35.9. The van der Waals surface area contributed by atoms with Crippen LogP contribution in [0, 0.1) is 0 Å². The highest BCUT2D eigenvalue weighted by molar-refractivity contribution is 8.19. The summed E-state index contributed by atoms with van der Waals surface area (Å²) in [5, 5.41) is 0. The van der Waals surface area contributed by atoms with Gasteiger partial charge in [0.25, 0.3) is 11.8 Å². The molecule has 5 rings (SSSR count). The van der Waals surface area contributed by atoms with E-state index < -0.39 is 27.1 Å². The first-order valence-electron chi connectivity index (χ1n) is 11.5. The molecule has 1 aliphatic heterocycles. The molecule has 1 heterocycles. The van der Waals surface area contributed by atoms with Crippen LogP contribution in [0.1, 0.15) is 0 Å². The Labute approximate surface area is 251 Å². The fourth-order valence-electron chi connectivity index (χ4n) is 3.27. The van der Waals surface area contributed by atoms with E-state index in [1.807, 2.05) is 24.3 Å². The van der Waals surface area contributed by atoms with Gasteiger partial charge in [-0.15, -0.1) is 9.03 Å². The number of para-hydroxylation sites is 4. The van der Waals surface area contributed by atoms with Crippen LogP contribution in [-0.2, 0) is 0 Å². The van der Waals surface area contributed by atoms with Crippen LogP contribution < -0.4 is 18.1 Å². The maximum atomic E-state index is 6.64. The molecule has 16 heteroatoms. The fraction of sp³-hybridized carbons (Fsp3) is 0. The van der Waals surface area contributed by atoms with Crippen LogP contribution in [0.2, 0.25) is 0 Å². The van der Waals surface area contributed by atoms with Gasteiger partial charge in [-0.05, 0) is 93.5 Å². The van der Waals surface area contributed by atoms with Gasteiger partial charge in [-0.1, -0.05) is 77.3 Å². The first-order chi connectivity index (χ1) is 19.1. The van der Waals surface area contributed by atoms with Gasteiger partial charge in [-0.3, -0.25) is 0 Å². The molecular formula is C24H20Cl4N4O4P4. The van der Waals surface area contributed by atoms with E-state index in [9.17, 15) is 0 Å². The number of rotatable bonds is 8. The van der Waals surface area contributed by atoms with Gasteiger partial charge < -0.3 is 18.1 Å². The minimum absolute atomic E-state index is 0.378. The predicted octanol–water partition coefficient (Wildman–Crippen LogP) is 13.1. The van der Waals surface area contributed by atoms with Gasteiger partial charge in [-0.2, -0.15) is 4.52 Å². The summed E-state index contributed by atoms with van der Waals surface area (Å²) in [7, 11) is -7.86. The van der Waals surface area contributed by atoms with Gasteiger partial charge in [0.1, 0.15) is 23.0 Å². The van der Waals surface area contributed by atoms with Crippen molar-refractivity contribution >= 4 is 72.1 Å². The zero-order valence-electron chi connectivity index (χ0n) is 20.3. The van der Waals surface area contributed by atoms with Gasteiger partial charge in [0, 0.05) is 0 Å². The molecule has 0 saturated heterocycles. The summed E-state index contributed by atoms with van der Waals surface area (Å²) in [6.45, 7) is 0. The van der Waals surface area contributed by atoms with Gasteiger partial charge in [0.15, 0.2) is 0 Å². The molecule has 0 aliphatic carbocycles. The second-order valence-corrected chi connectivity index (χ2v) is 21.9. The van der Waals surface area contributed by atoms with Crippen molar-refractivity contribution in [3.8, 4) is 23.0 Å². The van der Waals surface area contributed by atoms with E-state index in [-0.39, 0.29) is 0 Å². The topological polar surface area (TPSA) is 86.4 Å². The zero-order chi connectivity index (χ0) is 28.1. The molecule has 40 heavy (non-hydrogen) atoms. The summed E-state index contributed by atoms with van der Waals surface area (Å²) in [4.78, 5) is 0. The maximum absolute atomic E-state index is 6.64. The van der Waals surface area contributed by atoms with E-state index in [4.69, 9.17) is 67.6 Å². The molecular weight excluding hydrogens is 674 g/mol. The van der Waals surface area contributed by atoms with Crippen LogP contribution in [0.3, 0.4) is 0 Å². The van der Waals surface area contributed by atoms with E-state index in [2.05, 4.69) is 13.5 Å². The number of hydrogen-bond acceptors (Lipinski definition) is 8. The SMILES string of the molecule is ClP1(Cl)=NP(Cl)(Cl)=NP(Oc2ccccc2)(Oc2ccccc2)=NP(Oc2ccccc2)(Oc2ccccc2)=N1. The molecule has 0 fully saturated rings. The molecule has 8 nitrogen and oxygen atoms in total. The van der Waals surface area contributed by atoms with Crippen molar-refractivity contribution in [2.75, 3.05) is 0 Å². The zero-order valence-corrected chi connectivity index (χ0v) is 26.9. The number of benzene rings is 4. The maximum Gasteiger partial charge on any atom is 0.457 e. The van der Waals surface area contributed by atoms with Crippen LogP contribution >= 0.6 is 72.1 Å². The van der Waals surface area contributed by atoms with E-state index >= 15 is 0 Å². The lowest BCUT2D eigenvalue weighted by atomic mass is 10.3. The Balaban J connectivity index is 1.84. The third kappa shape index (κ3) is 8.13. The third-order valence-corrected chi connectivity index (χ3v) is 18.5. The van der Waals surface area contributed by atoms with Crippen LogP contribution in [0.25, 0.3) is 0 Å². The van der Waals surface area contributed by atoms with Gasteiger partial charge in [-0.25, -0.2) is 0 Å². The number of nitrogens with zero attached hydrogens (tertiary/aromatic N) is 4. The van der Waals surface area contributed by atoms with Crippen molar-refractivity contribution in [3.05, 3.63) is 121 Å². The van der Waals surface area contributed by atoms with Crippen molar-refractivity contribution in [2.24, 2.45) is 18.1 Å². The Morgan fingerprint density at radius 3 is 0.950 bits per heavy atom. The lowest BCUT2D eigenvalue weighted by Crippen LogP contribution is -2.05. The Kier molecular flexibility index (Phi) is 9.32. The highest BCUT2D eigenvalue weighted by Crippen LogP contribution is 2.84. The van der Waals surface area contributed by atoms with E-state index in [0.29, 0.717) is 23.0 Å².